The van der Waals surface area contributed by atoms with E-state index in [4.69, 9.17) is 11.6 Å². The molecule has 84 valence electrons. The van der Waals surface area contributed by atoms with Crippen LogP contribution >= 0.6 is 38.9 Å². The second-order valence-corrected chi connectivity index (χ2v) is 5.39. The minimum Gasteiger partial charge on any atom is -0.361 e. The molecule has 0 bridgehead atoms. The molecule has 0 amide bonds. The number of thiazole rings is 1. The predicted octanol–water partition coefficient (Wildman–Crippen LogP) is 4.21. The molecule has 2 nitrogen and oxygen atoms in total. The number of rotatable bonds is 4. The Bertz CT molecular complexity index is 455. The number of benzene rings is 1. The van der Waals surface area contributed by atoms with Gasteiger partial charge in [-0.25, -0.2) is 4.98 Å². The Morgan fingerprint density at radius 3 is 2.69 bits per heavy atom. The van der Waals surface area contributed by atoms with Crippen LogP contribution in [0.4, 0.5) is 5.13 Å². The number of aromatic nitrogens is 1. The van der Waals surface area contributed by atoms with Gasteiger partial charge >= 0.3 is 0 Å². The molecule has 0 saturated heterocycles. The summed E-state index contributed by atoms with van der Waals surface area (Å²) < 4.78 is 0.881. The molecule has 2 aromatic rings. The molecular weight excluding hydrogens is 308 g/mol. The molecule has 0 fully saturated rings. The van der Waals surface area contributed by atoms with Crippen LogP contribution in [0.5, 0.6) is 0 Å². The third-order valence-electron chi connectivity index (χ3n) is 2.08. The molecule has 0 saturated carbocycles. The first-order valence-electron chi connectivity index (χ1n) is 4.83. The van der Waals surface area contributed by atoms with E-state index in [0.29, 0.717) is 0 Å². The van der Waals surface area contributed by atoms with Gasteiger partial charge in [-0.2, -0.15) is 0 Å². The van der Waals surface area contributed by atoms with Gasteiger partial charge in [-0.05, 0) is 40.0 Å². The average Bonchev–Trinajstić information content (AvgIpc) is 2.67. The molecule has 0 aliphatic heterocycles. The lowest BCUT2D eigenvalue weighted by atomic mass is 10.1. The molecule has 1 heterocycles. The minimum absolute atomic E-state index is 0.778. The summed E-state index contributed by atoms with van der Waals surface area (Å²) in [4.78, 5) is 4.26. The summed E-state index contributed by atoms with van der Waals surface area (Å²) in [6.07, 6.45) is 0.967. The standard InChI is InChI=1S/C11H10BrClN2S/c12-10-7-16-11(15-10)14-6-5-8-1-3-9(13)4-2-8/h1-4,7H,5-6H2,(H,14,15). The van der Waals surface area contributed by atoms with Crippen LogP contribution in [0.3, 0.4) is 0 Å². The highest BCUT2D eigenvalue weighted by Gasteiger charge is 1.98. The van der Waals surface area contributed by atoms with Crippen molar-refractivity contribution in [1.29, 1.82) is 0 Å². The van der Waals surface area contributed by atoms with Crippen LogP contribution in [0, 0.1) is 0 Å². The molecule has 0 spiro atoms. The average molecular weight is 318 g/mol. The number of nitrogens with zero attached hydrogens (tertiary/aromatic N) is 1. The van der Waals surface area contributed by atoms with Crippen molar-refractivity contribution in [3.05, 3.63) is 44.8 Å². The molecule has 0 aliphatic carbocycles. The Kier molecular flexibility index (Phi) is 4.21. The summed E-state index contributed by atoms with van der Waals surface area (Å²) in [5.74, 6) is 0. The SMILES string of the molecule is Clc1ccc(CCNc2nc(Br)cs2)cc1. The number of hydrogen-bond acceptors (Lipinski definition) is 3. The van der Waals surface area contributed by atoms with E-state index in [2.05, 4.69) is 26.2 Å². The highest BCUT2D eigenvalue weighted by Crippen LogP contribution is 2.19. The Balaban J connectivity index is 1.82. The Morgan fingerprint density at radius 2 is 2.06 bits per heavy atom. The van der Waals surface area contributed by atoms with Crippen molar-refractivity contribution in [3.63, 3.8) is 0 Å². The Labute approximate surface area is 112 Å². The van der Waals surface area contributed by atoms with E-state index in [0.717, 1.165) is 27.7 Å². The van der Waals surface area contributed by atoms with Gasteiger partial charge in [0.05, 0.1) is 0 Å². The quantitative estimate of drug-likeness (QED) is 0.913. The molecule has 1 aromatic heterocycles. The van der Waals surface area contributed by atoms with E-state index < -0.39 is 0 Å². The number of nitrogens with one attached hydrogen (secondary N) is 1. The highest BCUT2D eigenvalue weighted by molar-refractivity contribution is 9.10. The lowest BCUT2D eigenvalue weighted by Gasteiger charge is -2.02. The van der Waals surface area contributed by atoms with Crippen LogP contribution in [0.25, 0.3) is 0 Å². The van der Waals surface area contributed by atoms with Crippen molar-refractivity contribution in [2.75, 3.05) is 11.9 Å². The van der Waals surface area contributed by atoms with Gasteiger partial charge in [0.15, 0.2) is 5.13 Å². The molecular formula is C11H10BrClN2S. The fourth-order valence-electron chi connectivity index (χ4n) is 1.30. The van der Waals surface area contributed by atoms with E-state index in [1.54, 1.807) is 11.3 Å². The predicted molar refractivity (Wildman–Crippen MR) is 73.5 cm³/mol. The van der Waals surface area contributed by atoms with Gasteiger partial charge in [-0.15, -0.1) is 11.3 Å². The summed E-state index contributed by atoms with van der Waals surface area (Å²) in [7, 11) is 0. The molecule has 1 aromatic carbocycles. The van der Waals surface area contributed by atoms with Gasteiger partial charge in [-0.3, -0.25) is 0 Å². The number of halogens is 2. The van der Waals surface area contributed by atoms with Crippen LogP contribution in [0.15, 0.2) is 34.2 Å². The van der Waals surface area contributed by atoms with Crippen LogP contribution in [-0.4, -0.2) is 11.5 Å². The first kappa shape index (κ1) is 11.9. The fraction of sp³-hybridized carbons (Fsp3) is 0.182. The molecule has 0 atom stereocenters. The van der Waals surface area contributed by atoms with E-state index in [1.165, 1.54) is 5.56 Å². The minimum atomic E-state index is 0.778. The van der Waals surface area contributed by atoms with Gasteiger partial charge in [-0.1, -0.05) is 23.7 Å². The van der Waals surface area contributed by atoms with Crippen molar-refractivity contribution >= 4 is 44.0 Å². The van der Waals surface area contributed by atoms with Gasteiger partial charge in [0, 0.05) is 16.9 Å². The summed E-state index contributed by atoms with van der Waals surface area (Å²) in [6, 6.07) is 7.91. The molecule has 1 N–H and O–H groups in total. The second kappa shape index (κ2) is 5.66. The first-order chi connectivity index (χ1) is 7.74. The summed E-state index contributed by atoms with van der Waals surface area (Å²) in [5, 5.41) is 6.96. The van der Waals surface area contributed by atoms with Gasteiger partial charge < -0.3 is 5.32 Å². The number of hydrogen-bond donors (Lipinski definition) is 1. The maximum Gasteiger partial charge on any atom is 0.183 e. The number of anilines is 1. The van der Waals surface area contributed by atoms with Crippen molar-refractivity contribution in [2.45, 2.75) is 6.42 Å². The lowest BCUT2D eigenvalue weighted by Crippen LogP contribution is -2.04. The Morgan fingerprint density at radius 1 is 1.31 bits per heavy atom. The molecule has 0 unspecified atom stereocenters. The zero-order valence-corrected chi connectivity index (χ0v) is 11.6. The molecule has 0 radical (unpaired) electrons. The van der Waals surface area contributed by atoms with Crippen molar-refractivity contribution in [2.24, 2.45) is 0 Å². The Hall–Kier alpha value is -0.580. The van der Waals surface area contributed by atoms with E-state index in [9.17, 15) is 0 Å². The topological polar surface area (TPSA) is 24.9 Å². The summed E-state index contributed by atoms with van der Waals surface area (Å²) in [6.45, 7) is 0.877. The normalized spacial score (nSPS) is 10.4. The third-order valence-corrected chi connectivity index (χ3v) is 3.84. The lowest BCUT2D eigenvalue weighted by molar-refractivity contribution is 1.01. The van der Waals surface area contributed by atoms with E-state index >= 15 is 0 Å². The second-order valence-electron chi connectivity index (χ2n) is 3.28. The molecule has 16 heavy (non-hydrogen) atoms. The smallest absolute Gasteiger partial charge is 0.183 e. The zero-order chi connectivity index (χ0) is 11.4. The van der Waals surface area contributed by atoms with Gasteiger partial charge in [0.25, 0.3) is 0 Å². The van der Waals surface area contributed by atoms with Gasteiger partial charge in [0.1, 0.15) is 4.60 Å². The van der Waals surface area contributed by atoms with Crippen LogP contribution < -0.4 is 5.32 Å². The summed E-state index contributed by atoms with van der Waals surface area (Å²) >= 11 is 10.7. The highest BCUT2D eigenvalue weighted by atomic mass is 79.9. The first-order valence-corrected chi connectivity index (χ1v) is 6.88. The summed E-state index contributed by atoms with van der Waals surface area (Å²) in [5.41, 5.74) is 1.27. The molecule has 5 heteroatoms. The third kappa shape index (κ3) is 3.47. The maximum absolute atomic E-state index is 5.82. The van der Waals surface area contributed by atoms with Crippen molar-refractivity contribution in [3.8, 4) is 0 Å². The van der Waals surface area contributed by atoms with Crippen molar-refractivity contribution < 1.29 is 0 Å². The largest absolute Gasteiger partial charge is 0.361 e. The van der Waals surface area contributed by atoms with Crippen LogP contribution in [0.2, 0.25) is 5.02 Å². The van der Waals surface area contributed by atoms with Gasteiger partial charge in [0.2, 0.25) is 0 Å². The van der Waals surface area contributed by atoms with Crippen LogP contribution in [0.1, 0.15) is 5.56 Å². The monoisotopic (exact) mass is 316 g/mol. The maximum atomic E-state index is 5.82. The molecule has 2 rings (SSSR count). The van der Waals surface area contributed by atoms with Crippen molar-refractivity contribution in [1.82, 2.24) is 4.98 Å². The van der Waals surface area contributed by atoms with E-state index in [1.807, 2.05) is 29.6 Å². The fourth-order valence-corrected chi connectivity index (χ4v) is 2.60. The van der Waals surface area contributed by atoms with Crippen LogP contribution in [-0.2, 0) is 6.42 Å². The zero-order valence-electron chi connectivity index (χ0n) is 8.41. The van der Waals surface area contributed by atoms with E-state index in [-0.39, 0.29) is 0 Å². The molecule has 0 aliphatic rings.